The zero-order chi connectivity index (χ0) is 17.5. The van der Waals surface area contributed by atoms with Crippen LogP contribution >= 0.6 is 0 Å². The molecule has 0 fully saturated rings. The lowest BCUT2D eigenvalue weighted by Gasteiger charge is -2.15. The van der Waals surface area contributed by atoms with Crippen LogP contribution in [0.15, 0.2) is 48.5 Å². The van der Waals surface area contributed by atoms with Crippen molar-refractivity contribution >= 4 is 23.3 Å². The molecule has 0 aliphatic heterocycles. The summed E-state index contributed by atoms with van der Waals surface area (Å²) in [6.07, 6.45) is -0.628. The van der Waals surface area contributed by atoms with Crippen molar-refractivity contribution in [2.45, 2.75) is 20.0 Å². The predicted molar refractivity (Wildman–Crippen MR) is 94.4 cm³/mol. The van der Waals surface area contributed by atoms with E-state index < -0.39 is 6.10 Å². The monoisotopic (exact) mass is 327 g/mol. The third-order valence-electron chi connectivity index (χ3n) is 3.34. The van der Waals surface area contributed by atoms with Crippen molar-refractivity contribution < 1.29 is 14.3 Å². The Kier molecular flexibility index (Phi) is 5.78. The van der Waals surface area contributed by atoms with Crippen LogP contribution in [0.3, 0.4) is 0 Å². The molecule has 0 saturated carbocycles. The molecule has 2 rings (SSSR count). The van der Waals surface area contributed by atoms with E-state index in [0.29, 0.717) is 17.1 Å². The molecular weight excluding hydrogens is 306 g/mol. The van der Waals surface area contributed by atoms with Crippen molar-refractivity contribution in [1.82, 2.24) is 5.32 Å². The molecule has 0 aromatic heterocycles. The fourth-order valence-electron chi connectivity index (χ4n) is 1.95. The average molecular weight is 327 g/mol. The SMILES string of the molecule is CNC(=O)Nc1ccc(NC(=O)C(C)Oc2ccc(C)cc2)cc1. The summed E-state index contributed by atoms with van der Waals surface area (Å²) in [6.45, 7) is 3.68. The molecule has 0 spiro atoms. The molecule has 6 nitrogen and oxygen atoms in total. The van der Waals surface area contributed by atoms with Gasteiger partial charge in [-0.1, -0.05) is 17.7 Å². The van der Waals surface area contributed by atoms with Crippen molar-refractivity contribution in [3.05, 3.63) is 54.1 Å². The quantitative estimate of drug-likeness (QED) is 0.789. The van der Waals surface area contributed by atoms with Gasteiger partial charge in [-0.15, -0.1) is 0 Å². The maximum absolute atomic E-state index is 12.2. The van der Waals surface area contributed by atoms with Crippen LogP contribution in [-0.2, 0) is 4.79 Å². The van der Waals surface area contributed by atoms with Gasteiger partial charge in [0.15, 0.2) is 6.10 Å². The van der Waals surface area contributed by atoms with Gasteiger partial charge in [0.2, 0.25) is 0 Å². The van der Waals surface area contributed by atoms with E-state index in [1.807, 2.05) is 31.2 Å². The highest BCUT2D eigenvalue weighted by Gasteiger charge is 2.14. The molecule has 2 aromatic rings. The summed E-state index contributed by atoms with van der Waals surface area (Å²) in [4.78, 5) is 23.4. The van der Waals surface area contributed by atoms with Crippen LogP contribution in [0, 0.1) is 6.92 Å². The van der Waals surface area contributed by atoms with Crippen molar-refractivity contribution in [3.8, 4) is 5.75 Å². The predicted octanol–water partition coefficient (Wildman–Crippen LogP) is 3.15. The van der Waals surface area contributed by atoms with E-state index >= 15 is 0 Å². The number of ether oxygens (including phenoxy) is 1. The van der Waals surface area contributed by atoms with Crippen LogP contribution in [0.5, 0.6) is 5.75 Å². The number of rotatable bonds is 5. The Hall–Kier alpha value is -3.02. The van der Waals surface area contributed by atoms with Crippen LogP contribution in [0.4, 0.5) is 16.2 Å². The van der Waals surface area contributed by atoms with Gasteiger partial charge in [0.1, 0.15) is 5.75 Å². The van der Waals surface area contributed by atoms with Gasteiger partial charge in [0.05, 0.1) is 0 Å². The highest BCUT2D eigenvalue weighted by Crippen LogP contribution is 2.16. The maximum Gasteiger partial charge on any atom is 0.318 e. The van der Waals surface area contributed by atoms with Crippen LogP contribution in [0.2, 0.25) is 0 Å². The first kappa shape index (κ1) is 17.3. The number of benzene rings is 2. The van der Waals surface area contributed by atoms with Crippen molar-refractivity contribution in [1.29, 1.82) is 0 Å². The molecule has 2 aromatic carbocycles. The molecule has 3 N–H and O–H groups in total. The molecule has 126 valence electrons. The number of hydrogen-bond acceptors (Lipinski definition) is 3. The minimum Gasteiger partial charge on any atom is -0.481 e. The second-order valence-corrected chi connectivity index (χ2v) is 5.34. The lowest BCUT2D eigenvalue weighted by atomic mass is 10.2. The molecular formula is C18H21N3O3. The Labute approximate surface area is 141 Å². The molecule has 1 atom stereocenters. The van der Waals surface area contributed by atoms with Crippen LogP contribution in [-0.4, -0.2) is 25.1 Å². The lowest BCUT2D eigenvalue weighted by molar-refractivity contribution is -0.122. The molecule has 0 heterocycles. The van der Waals surface area contributed by atoms with Crippen LogP contribution in [0.1, 0.15) is 12.5 Å². The highest BCUT2D eigenvalue weighted by atomic mass is 16.5. The summed E-state index contributed by atoms with van der Waals surface area (Å²) >= 11 is 0. The summed E-state index contributed by atoms with van der Waals surface area (Å²) in [7, 11) is 1.54. The van der Waals surface area contributed by atoms with Crippen molar-refractivity contribution in [2.24, 2.45) is 0 Å². The molecule has 0 aliphatic rings. The third kappa shape index (κ3) is 5.01. The van der Waals surface area contributed by atoms with E-state index in [0.717, 1.165) is 5.56 Å². The Morgan fingerprint density at radius 2 is 1.46 bits per heavy atom. The van der Waals surface area contributed by atoms with Gasteiger partial charge < -0.3 is 20.7 Å². The van der Waals surface area contributed by atoms with Gasteiger partial charge in [0, 0.05) is 18.4 Å². The van der Waals surface area contributed by atoms with Crippen LogP contribution in [0.25, 0.3) is 0 Å². The Morgan fingerprint density at radius 3 is 2.00 bits per heavy atom. The molecule has 0 bridgehead atoms. The largest absolute Gasteiger partial charge is 0.481 e. The maximum atomic E-state index is 12.2. The van der Waals surface area contributed by atoms with E-state index in [1.54, 1.807) is 38.2 Å². The number of urea groups is 1. The number of carbonyl (C=O) groups excluding carboxylic acids is 2. The zero-order valence-corrected chi connectivity index (χ0v) is 13.9. The van der Waals surface area contributed by atoms with Gasteiger partial charge >= 0.3 is 6.03 Å². The Balaban J connectivity index is 1.91. The van der Waals surface area contributed by atoms with Crippen molar-refractivity contribution in [2.75, 3.05) is 17.7 Å². The van der Waals surface area contributed by atoms with E-state index in [-0.39, 0.29) is 11.9 Å². The first-order chi connectivity index (χ1) is 11.5. The summed E-state index contributed by atoms with van der Waals surface area (Å²) in [5.41, 5.74) is 2.39. The summed E-state index contributed by atoms with van der Waals surface area (Å²) in [5, 5.41) is 7.89. The number of carbonyl (C=O) groups is 2. The first-order valence-electron chi connectivity index (χ1n) is 7.61. The van der Waals surface area contributed by atoms with E-state index in [1.165, 1.54) is 0 Å². The van der Waals surface area contributed by atoms with E-state index in [9.17, 15) is 9.59 Å². The molecule has 0 radical (unpaired) electrons. The highest BCUT2D eigenvalue weighted by molar-refractivity contribution is 5.94. The summed E-state index contributed by atoms with van der Waals surface area (Å²) in [6, 6.07) is 14.1. The average Bonchev–Trinajstić information content (AvgIpc) is 2.58. The Morgan fingerprint density at radius 1 is 0.917 bits per heavy atom. The van der Waals surface area contributed by atoms with Gasteiger partial charge in [-0.05, 0) is 50.2 Å². The standard InChI is InChI=1S/C18H21N3O3/c1-12-4-10-16(11-5-12)24-13(2)17(22)20-14-6-8-15(9-7-14)21-18(23)19-3/h4-11,13H,1-3H3,(H,20,22)(H2,19,21,23). The van der Waals surface area contributed by atoms with Gasteiger partial charge in [-0.2, -0.15) is 0 Å². The van der Waals surface area contributed by atoms with Crippen LogP contribution < -0.4 is 20.7 Å². The van der Waals surface area contributed by atoms with Gasteiger partial charge in [0.25, 0.3) is 5.91 Å². The second-order valence-electron chi connectivity index (χ2n) is 5.34. The fraction of sp³-hybridized carbons (Fsp3) is 0.222. The Bertz CT molecular complexity index is 696. The minimum atomic E-state index is -0.628. The molecule has 0 saturated heterocycles. The van der Waals surface area contributed by atoms with E-state index in [4.69, 9.17) is 4.74 Å². The number of aryl methyl sites for hydroxylation is 1. The fourth-order valence-corrected chi connectivity index (χ4v) is 1.95. The number of anilines is 2. The molecule has 1 unspecified atom stereocenters. The zero-order valence-electron chi connectivity index (χ0n) is 13.9. The van der Waals surface area contributed by atoms with Gasteiger partial charge in [-0.3, -0.25) is 4.79 Å². The lowest BCUT2D eigenvalue weighted by Crippen LogP contribution is -2.30. The minimum absolute atomic E-state index is 0.248. The molecule has 0 aliphatic carbocycles. The van der Waals surface area contributed by atoms with E-state index in [2.05, 4.69) is 16.0 Å². The van der Waals surface area contributed by atoms with Gasteiger partial charge in [-0.25, -0.2) is 4.79 Å². The van der Waals surface area contributed by atoms with Crippen molar-refractivity contribution in [3.63, 3.8) is 0 Å². The second kappa shape index (κ2) is 8.01. The summed E-state index contributed by atoms with van der Waals surface area (Å²) in [5.74, 6) is 0.399. The first-order valence-corrected chi connectivity index (χ1v) is 7.61. The normalized spacial score (nSPS) is 11.3. The topological polar surface area (TPSA) is 79.5 Å². The molecule has 6 heteroatoms. The third-order valence-corrected chi connectivity index (χ3v) is 3.34. The smallest absolute Gasteiger partial charge is 0.318 e. The number of hydrogen-bond donors (Lipinski definition) is 3. The molecule has 3 amide bonds. The molecule has 24 heavy (non-hydrogen) atoms. The number of nitrogens with one attached hydrogen (secondary N) is 3. The summed E-state index contributed by atoms with van der Waals surface area (Å²) < 4.78 is 5.62. The number of amides is 3.